The van der Waals surface area contributed by atoms with E-state index in [0.29, 0.717) is 29.8 Å². The number of aromatic nitrogens is 1. The van der Waals surface area contributed by atoms with Crippen LogP contribution in [0.1, 0.15) is 36.6 Å². The number of piperazine rings is 1. The number of carbonyl (C=O) groups is 3. The smallest absolute Gasteiger partial charge is 0.261 e. The van der Waals surface area contributed by atoms with Crippen molar-refractivity contribution in [3.05, 3.63) is 95.3 Å². The van der Waals surface area contributed by atoms with Gasteiger partial charge in [0.25, 0.3) is 17.7 Å². The van der Waals surface area contributed by atoms with E-state index in [9.17, 15) is 14.4 Å². The maximum Gasteiger partial charge on any atom is 0.261 e. The number of imide groups is 1. The summed E-state index contributed by atoms with van der Waals surface area (Å²) < 4.78 is 0. The van der Waals surface area contributed by atoms with Gasteiger partial charge in [0.1, 0.15) is 0 Å². The van der Waals surface area contributed by atoms with Gasteiger partial charge in [0.15, 0.2) is 0 Å². The van der Waals surface area contributed by atoms with E-state index in [1.807, 2.05) is 42.5 Å². The molecule has 0 saturated carbocycles. The Bertz CT molecular complexity index is 1170. The molecule has 1 fully saturated rings. The molecule has 0 aliphatic carbocycles. The first kappa shape index (κ1) is 19.9. The molecule has 7 heteroatoms. The standard InChI is InChI=1S/C25H22N4O3/c30-23(28-14-12-27(13-15-28)20-8-10-26-11-9-20)19-6-7-21-22(16-19)25(32)29(24(21)31)17-18-4-2-1-3-5-18/h1-11,16H,12-15,17H2. The van der Waals surface area contributed by atoms with Crippen LogP contribution < -0.4 is 4.90 Å². The molecule has 0 radical (unpaired) electrons. The van der Waals surface area contributed by atoms with Gasteiger partial charge in [0.05, 0.1) is 17.7 Å². The summed E-state index contributed by atoms with van der Waals surface area (Å²) in [6.07, 6.45) is 3.52. The normalized spacial score (nSPS) is 15.8. The Morgan fingerprint density at radius 3 is 2.22 bits per heavy atom. The Kier molecular flexibility index (Phi) is 5.15. The number of nitrogens with zero attached hydrogens (tertiary/aromatic N) is 4. The highest BCUT2D eigenvalue weighted by Gasteiger charge is 2.36. The summed E-state index contributed by atoms with van der Waals surface area (Å²) in [6, 6.07) is 18.1. The van der Waals surface area contributed by atoms with Crippen LogP contribution in [0.15, 0.2) is 73.1 Å². The molecule has 0 bridgehead atoms. The van der Waals surface area contributed by atoms with Gasteiger partial charge in [0.2, 0.25) is 0 Å². The van der Waals surface area contributed by atoms with E-state index in [0.717, 1.165) is 24.3 Å². The SMILES string of the molecule is O=C(c1ccc2c(c1)C(=O)N(Cc1ccccc1)C2=O)N1CCN(c2ccncc2)CC1. The summed E-state index contributed by atoms with van der Waals surface area (Å²) in [7, 11) is 0. The summed E-state index contributed by atoms with van der Waals surface area (Å²) in [5, 5.41) is 0. The van der Waals surface area contributed by atoms with Crippen molar-refractivity contribution in [3.8, 4) is 0 Å². The number of pyridine rings is 1. The number of benzene rings is 2. The average Bonchev–Trinajstić information content (AvgIpc) is 3.09. The van der Waals surface area contributed by atoms with Gasteiger partial charge in [-0.25, -0.2) is 0 Å². The predicted octanol–water partition coefficient (Wildman–Crippen LogP) is 2.84. The average molecular weight is 426 g/mol. The Labute approximate surface area is 185 Å². The highest BCUT2D eigenvalue weighted by molar-refractivity contribution is 6.22. The van der Waals surface area contributed by atoms with Gasteiger partial charge >= 0.3 is 0 Å². The molecule has 2 aromatic carbocycles. The first-order valence-electron chi connectivity index (χ1n) is 10.6. The second-order valence-corrected chi connectivity index (χ2v) is 7.93. The monoisotopic (exact) mass is 426 g/mol. The lowest BCUT2D eigenvalue weighted by atomic mass is 10.0. The molecule has 1 saturated heterocycles. The van der Waals surface area contributed by atoms with Crippen molar-refractivity contribution in [2.45, 2.75) is 6.54 Å². The molecular weight excluding hydrogens is 404 g/mol. The molecule has 0 unspecified atom stereocenters. The quantitative estimate of drug-likeness (QED) is 0.600. The van der Waals surface area contributed by atoms with Gasteiger partial charge in [-0.3, -0.25) is 24.3 Å². The van der Waals surface area contributed by atoms with E-state index < -0.39 is 0 Å². The molecule has 0 N–H and O–H groups in total. The third-order valence-electron chi connectivity index (χ3n) is 6.00. The molecule has 2 aliphatic heterocycles. The van der Waals surface area contributed by atoms with Crippen molar-refractivity contribution in [1.82, 2.24) is 14.8 Å². The van der Waals surface area contributed by atoms with Gasteiger partial charge in [-0.1, -0.05) is 30.3 Å². The molecule has 160 valence electrons. The van der Waals surface area contributed by atoms with E-state index in [4.69, 9.17) is 0 Å². The Morgan fingerprint density at radius 1 is 0.812 bits per heavy atom. The Hall–Kier alpha value is -4.00. The number of fused-ring (bicyclic) bond motifs is 1. The summed E-state index contributed by atoms with van der Waals surface area (Å²) in [6.45, 7) is 2.84. The van der Waals surface area contributed by atoms with Crippen LogP contribution in [0.5, 0.6) is 0 Å². The molecule has 0 atom stereocenters. The van der Waals surface area contributed by atoms with Gasteiger partial charge in [0, 0.05) is 49.8 Å². The van der Waals surface area contributed by atoms with Crippen molar-refractivity contribution in [3.63, 3.8) is 0 Å². The topological polar surface area (TPSA) is 73.8 Å². The van der Waals surface area contributed by atoms with Crippen LogP contribution in [-0.4, -0.2) is 58.7 Å². The fourth-order valence-electron chi connectivity index (χ4n) is 4.24. The molecule has 5 rings (SSSR count). The van der Waals surface area contributed by atoms with Gasteiger partial charge in [-0.15, -0.1) is 0 Å². The van der Waals surface area contributed by atoms with Gasteiger partial charge in [-0.05, 0) is 35.9 Å². The third kappa shape index (κ3) is 3.62. The highest BCUT2D eigenvalue weighted by Crippen LogP contribution is 2.26. The molecule has 3 amide bonds. The van der Waals surface area contributed by atoms with Crippen LogP contribution in [-0.2, 0) is 6.54 Å². The molecule has 32 heavy (non-hydrogen) atoms. The Morgan fingerprint density at radius 2 is 1.50 bits per heavy atom. The van der Waals surface area contributed by atoms with Crippen LogP contribution >= 0.6 is 0 Å². The third-order valence-corrected chi connectivity index (χ3v) is 6.00. The summed E-state index contributed by atoms with van der Waals surface area (Å²) in [5.74, 6) is -0.797. The van der Waals surface area contributed by atoms with Gasteiger partial charge in [-0.2, -0.15) is 0 Å². The van der Waals surface area contributed by atoms with Crippen LogP contribution in [0.3, 0.4) is 0 Å². The van der Waals surface area contributed by atoms with Crippen LogP contribution in [0.25, 0.3) is 0 Å². The second kappa shape index (κ2) is 8.26. The minimum Gasteiger partial charge on any atom is -0.368 e. The molecular formula is C25H22N4O3. The minimum atomic E-state index is -0.356. The molecule has 2 aliphatic rings. The van der Waals surface area contributed by atoms with Crippen molar-refractivity contribution >= 4 is 23.4 Å². The first-order chi connectivity index (χ1) is 15.6. The number of carbonyl (C=O) groups excluding carboxylic acids is 3. The largest absolute Gasteiger partial charge is 0.368 e. The lowest BCUT2D eigenvalue weighted by Crippen LogP contribution is -2.48. The number of anilines is 1. The summed E-state index contributed by atoms with van der Waals surface area (Å²) in [4.78, 5) is 48.1. The lowest BCUT2D eigenvalue weighted by Gasteiger charge is -2.36. The fourth-order valence-corrected chi connectivity index (χ4v) is 4.24. The molecule has 1 aromatic heterocycles. The highest BCUT2D eigenvalue weighted by atomic mass is 16.2. The fraction of sp³-hybridized carbons (Fsp3) is 0.200. The number of hydrogen-bond donors (Lipinski definition) is 0. The van der Waals surface area contributed by atoms with E-state index in [1.165, 1.54) is 4.90 Å². The number of amides is 3. The van der Waals surface area contributed by atoms with Crippen LogP contribution in [0.4, 0.5) is 5.69 Å². The van der Waals surface area contributed by atoms with Gasteiger partial charge < -0.3 is 9.80 Å². The molecule has 3 aromatic rings. The minimum absolute atomic E-state index is 0.121. The summed E-state index contributed by atoms with van der Waals surface area (Å²) in [5.41, 5.74) is 3.05. The maximum absolute atomic E-state index is 13.1. The van der Waals surface area contributed by atoms with E-state index in [-0.39, 0.29) is 24.3 Å². The zero-order chi connectivity index (χ0) is 22.1. The van der Waals surface area contributed by atoms with E-state index in [1.54, 1.807) is 35.5 Å². The summed E-state index contributed by atoms with van der Waals surface area (Å²) >= 11 is 0. The maximum atomic E-state index is 13.1. The van der Waals surface area contributed by atoms with Crippen molar-refractivity contribution in [2.75, 3.05) is 31.1 Å². The molecule has 3 heterocycles. The van der Waals surface area contributed by atoms with Crippen LogP contribution in [0, 0.1) is 0 Å². The predicted molar refractivity (Wildman–Crippen MR) is 119 cm³/mol. The first-order valence-corrected chi connectivity index (χ1v) is 10.6. The van der Waals surface area contributed by atoms with E-state index >= 15 is 0 Å². The van der Waals surface area contributed by atoms with Crippen molar-refractivity contribution in [2.24, 2.45) is 0 Å². The second-order valence-electron chi connectivity index (χ2n) is 7.93. The van der Waals surface area contributed by atoms with Crippen molar-refractivity contribution in [1.29, 1.82) is 0 Å². The molecule has 7 nitrogen and oxygen atoms in total. The Balaban J connectivity index is 1.29. The zero-order valence-electron chi connectivity index (χ0n) is 17.5. The molecule has 0 spiro atoms. The van der Waals surface area contributed by atoms with Crippen molar-refractivity contribution < 1.29 is 14.4 Å². The van der Waals surface area contributed by atoms with E-state index in [2.05, 4.69) is 9.88 Å². The van der Waals surface area contributed by atoms with Crippen LogP contribution in [0.2, 0.25) is 0 Å². The number of hydrogen-bond acceptors (Lipinski definition) is 5. The zero-order valence-corrected chi connectivity index (χ0v) is 17.5. The number of rotatable bonds is 4. The lowest BCUT2D eigenvalue weighted by molar-refractivity contribution is 0.0642.